The Kier molecular flexibility index (Phi) is 3.79. The van der Waals surface area contributed by atoms with Crippen LogP contribution in [0.25, 0.3) is 0 Å². The molecule has 2 aromatic carbocycles. The lowest BCUT2D eigenvalue weighted by Crippen LogP contribution is -2.18. The van der Waals surface area contributed by atoms with Gasteiger partial charge in [0.15, 0.2) is 0 Å². The van der Waals surface area contributed by atoms with Crippen LogP contribution >= 0.6 is 11.6 Å². The Hall–Kier alpha value is -1.35. The number of nitrogens with one attached hydrogen (secondary N) is 1. The summed E-state index contributed by atoms with van der Waals surface area (Å²) in [6.45, 7) is 3.47. The van der Waals surface area contributed by atoms with E-state index in [0.29, 0.717) is 6.61 Å². The molecule has 104 valence electrons. The highest BCUT2D eigenvalue weighted by atomic mass is 35.5. The summed E-state index contributed by atoms with van der Waals surface area (Å²) in [6, 6.07) is 13.0. The molecule has 1 atom stereocenters. The third-order valence-electron chi connectivity index (χ3n) is 3.90. The maximum absolute atomic E-state index is 6.25. The smallest absolute Gasteiger partial charge is 0.0725 e. The summed E-state index contributed by atoms with van der Waals surface area (Å²) in [5.41, 5.74) is 6.12. The van der Waals surface area contributed by atoms with Crippen molar-refractivity contribution in [1.29, 1.82) is 0 Å². The van der Waals surface area contributed by atoms with Gasteiger partial charge in [-0.15, -0.1) is 0 Å². The van der Waals surface area contributed by atoms with Crippen molar-refractivity contribution in [2.24, 2.45) is 0 Å². The van der Waals surface area contributed by atoms with Gasteiger partial charge in [-0.05, 0) is 47.9 Å². The first-order chi connectivity index (χ1) is 9.69. The van der Waals surface area contributed by atoms with Gasteiger partial charge >= 0.3 is 0 Å². The molecule has 0 amide bonds. The second kappa shape index (κ2) is 5.57. The average molecular weight is 288 g/mol. The summed E-state index contributed by atoms with van der Waals surface area (Å²) < 4.78 is 5.48. The molecule has 3 heteroatoms. The number of aryl methyl sites for hydroxylation is 1. The van der Waals surface area contributed by atoms with Crippen molar-refractivity contribution < 1.29 is 4.74 Å². The fourth-order valence-electron chi connectivity index (χ4n) is 2.69. The molecule has 2 aromatic rings. The molecule has 2 nitrogen and oxygen atoms in total. The highest BCUT2D eigenvalue weighted by Crippen LogP contribution is 2.29. The lowest BCUT2D eigenvalue weighted by atomic mass is 9.95. The quantitative estimate of drug-likeness (QED) is 0.922. The maximum Gasteiger partial charge on any atom is 0.0725 e. The van der Waals surface area contributed by atoms with E-state index < -0.39 is 0 Å². The molecule has 1 aliphatic rings. The molecule has 0 spiro atoms. The van der Waals surface area contributed by atoms with Crippen molar-refractivity contribution in [1.82, 2.24) is 5.32 Å². The van der Waals surface area contributed by atoms with Gasteiger partial charge in [-0.25, -0.2) is 0 Å². The second-order valence-electron chi connectivity index (χ2n) is 5.25. The number of halogens is 1. The summed E-state index contributed by atoms with van der Waals surface area (Å²) in [5, 5.41) is 4.19. The standard InChI is InChI=1S/C17H18ClNO/c1-11-3-4-13(8-16(11)18)17(19-2)12-5-6-14-9-20-10-15(14)7-12/h3-8,17,19H,9-10H2,1-2H3. The van der Waals surface area contributed by atoms with E-state index in [-0.39, 0.29) is 6.04 Å². The Morgan fingerprint density at radius 1 is 1.05 bits per heavy atom. The molecule has 1 heterocycles. The first kappa shape index (κ1) is 13.6. The topological polar surface area (TPSA) is 21.3 Å². The van der Waals surface area contributed by atoms with Crippen molar-refractivity contribution in [3.63, 3.8) is 0 Å². The Labute approximate surface area is 124 Å². The van der Waals surface area contributed by atoms with Crippen LogP contribution in [0.1, 0.15) is 33.9 Å². The van der Waals surface area contributed by atoms with E-state index in [4.69, 9.17) is 16.3 Å². The fourth-order valence-corrected chi connectivity index (χ4v) is 2.87. The minimum absolute atomic E-state index is 0.152. The largest absolute Gasteiger partial charge is 0.372 e. The van der Waals surface area contributed by atoms with Crippen LogP contribution in [-0.4, -0.2) is 7.05 Å². The van der Waals surface area contributed by atoms with E-state index in [0.717, 1.165) is 17.2 Å². The van der Waals surface area contributed by atoms with Gasteiger partial charge in [-0.3, -0.25) is 0 Å². The lowest BCUT2D eigenvalue weighted by Gasteiger charge is -2.19. The van der Waals surface area contributed by atoms with Gasteiger partial charge in [0.05, 0.1) is 19.3 Å². The van der Waals surface area contributed by atoms with Gasteiger partial charge in [-0.2, -0.15) is 0 Å². The van der Waals surface area contributed by atoms with Crippen LogP contribution in [0.3, 0.4) is 0 Å². The summed E-state index contributed by atoms with van der Waals surface area (Å²) >= 11 is 6.25. The second-order valence-corrected chi connectivity index (χ2v) is 5.66. The van der Waals surface area contributed by atoms with Gasteiger partial charge in [0.25, 0.3) is 0 Å². The molecule has 0 aromatic heterocycles. The van der Waals surface area contributed by atoms with Gasteiger partial charge in [0.1, 0.15) is 0 Å². The Morgan fingerprint density at radius 3 is 2.50 bits per heavy atom. The molecule has 1 N–H and O–H groups in total. The summed E-state index contributed by atoms with van der Waals surface area (Å²) in [6.07, 6.45) is 0. The molecular weight excluding hydrogens is 270 g/mol. The maximum atomic E-state index is 6.25. The van der Waals surface area contributed by atoms with Crippen molar-refractivity contribution >= 4 is 11.6 Å². The van der Waals surface area contributed by atoms with E-state index in [2.05, 4.69) is 35.6 Å². The number of benzene rings is 2. The molecule has 0 saturated heterocycles. The molecule has 1 aliphatic heterocycles. The third kappa shape index (κ3) is 2.47. The molecule has 0 fully saturated rings. The predicted octanol–water partition coefficient (Wildman–Crippen LogP) is 3.99. The minimum Gasteiger partial charge on any atom is -0.372 e. The Balaban J connectivity index is 1.98. The van der Waals surface area contributed by atoms with Gasteiger partial charge in [-0.1, -0.05) is 41.9 Å². The number of rotatable bonds is 3. The van der Waals surface area contributed by atoms with E-state index >= 15 is 0 Å². The first-order valence-electron chi connectivity index (χ1n) is 6.82. The molecule has 20 heavy (non-hydrogen) atoms. The third-order valence-corrected chi connectivity index (χ3v) is 4.30. The zero-order valence-corrected chi connectivity index (χ0v) is 12.5. The highest BCUT2D eigenvalue weighted by Gasteiger charge is 2.17. The van der Waals surface area contributed by atoms with Crippen LogP contribution in [0.4, 0.5) is 0 Å². The summed E-state index contributed by atoms with van der Waals surface area (Å²) in [5.74, 6) is 0. The van der Waals surface area contributed by atoms with E-state index in [1.54, 1.807) is 0 Å². The Morgan fingerprint density at radius 2 is 1.75 bits per heavy atom. The minimum atomic E-state index is 0.152. The molecular formula is C17H18ClNO. The zero-order chi connectivity index (χ0) is 14.1. The molecule has 1 unspecified atom stereocenters. The normalized spacial score (nSPS) is 15.2. The first-order valence-corrected chi connectivity index (χ1v) is 7.19. The number of hydrogen-bond donors (Lipinski definition) is 1. The monoisotopic (exact) mass is 287 g/mol. The van der Waals surface area contributed by atoms with Crippen molar-refractivity contribution in [3.05, 3.63) is 69.2 Å². The van der Waals surface area contributed by atoms with Crippen LogP contribution in [0.5, 0.6) is 0 Å². The van der Waals surface area contributed by atoms with Crippen LogP contribution in [0.2, 0.25) is 5.02 Å². The summed E-state index contributed by atoms with van der Waals surface area (Å²) in [4.78, 5) is 0. The van der Waals surface area contributed by atoms with Gasteiger partial charge < -0.3 is 10.1 Å². The highest BCUT2D eigenvalue weighted by molar-refractivity contribution is 6.31. The van der Waals surface area contributed by atoms with Crippen molar-refractivity contribution in [2.45, 2.75) is 26.2 Å². The number of ether oxygens (including phenoxy) is 1. The number of hydrogen-bond acceptors (Lipinski definition) is 2. The molecule has 0 radical (unpaired) electrons. The molecule has 0 aliphatic carbocycles. The van der Waals surface area contributed by atoms with Crippen LogP contribution in [0.15, 0.2) is 36.4 Å². The molecule has 0 saturated carbocycles. The molecule has 0 bridgehead atoms. The Bertz CT molecular complexity index is 639. The van der Waals surface area contributed by atoms with Crippen LogP contribution in [-0.2, 0) is 18.0 Å². The zero-order valence-electron chi connectivity index (χ0n) is 11.7. The lowest BCUT2D eigenvalue weighted by molar-refractivity contribution is 0.134. The predicted molar refractivity (Wildman–Crippen MR) is 82.0 cm³/mol. The van der Waals surface area contributed by atoms with Crippen molar-refractivity contribution in [2.75, 3.05) is 7.05 Å². The SMILES string of the molecule is CNC(c1ccc(C)c(Cl)c1)c1ccc2c(c1)COC2. The van der Waals surface area contributed by atoms with Gasteiger partial charge in [0, 0.05) is 5.02 Å². The average Bonchev–Trinajstić information content (AvgIpc) is 2.91. The number of fused-ring (bicyclic) bond motifs is 1. The van der Waals surface area contributed by atoms with Gasteiger partial charge in [0.2, 0.25) is 0 Å². The molecule has 3 rings (SSSR count). The summed E-state index contributed by atoms with van der Waals surface area (Å²) in [7, 11) is 1.97. The van der Waals surface area contributed by atoms with E-state index in [1.807, 2.05) is 20.0 Å². The van der Waals surface area contributed by atoms with E-state index in [9.17, 15) is 0 Å². The van der Waals surface area contributed by atoms with Crippen LogP contribution in [0, 0.1) is 6.92 Å². The van der Waals surface area contributed by atoms with Crippen molar-refractivity contribution in [3.8, 4) is 0 Å². The van der Waals surface area contributed by atoms with E-state index in [1.165, 1.54) is 22.3 Å². The fraction of sp³-hybridized carbons (Fsp3) is 0.294. The van der Waals surface area contributed by atoms with Crippen LogP contribution < -0.4 is 5.32 Å².